The van der Waals surface area contributed by atoms with Crippen LogP contribution in [0.2, 0.25) is 0 Å². The van der Waals surface area contributed by atoms with Gasteiger partial charge in [-0.25, -0.2) is 9.97 Å². The van der Waals surface area contributed by atoms with E-state index in [2.05, 4.69) is 20.0 Å². The van der Waals surface area contributed by atoms with E-state index < -0.39 is 0 Å². The molecule has 0 aliphatic carbocycles. The Kier molecular flexibility index (Phi) is 4.86. The lowest BCUT2D eigenvalue weighted by atomic mass is 10.3. The molecule has 5 nitrogen and oxygen atoms in total. The molecule has 0 amide bonds. The van der Waals surface area contributed by atoms with Gasteiger partial charge in [0.2, 0.25) is 0 Å². The number of hydrogen-bond donors (Lipinski definition) is 1. The SMILES string of the molecule is COC(=O)Cc1csc(NCCc2nc(C)cs2)n1. The number of nitrogens with one attached hydrogen (secondary N) is 1. The van der Waals surface area contributed by atoms with Gasteiger partial charge < -0.3 is 10.1 Å². The Morgan fingerprint density at radius 2 is 2.21 bits per heavy atom. The van der Waals surface area contributed by atoms with Crippen molar-refractivity contribution in [2.45, 2.75) is 19.8 Å². The van der Waals surface area contributed by atoms with E-state index in [0.717, 1.165) is 34.5 Å². The molecule has 2 rings (SSSR count). The maximum Gasteiger partial charge on any atom is 0.311 e. The fourth-order valence-corrected chi connectivity index (χ4v) is 3.00. The molecule has 19 heavy (non-hydrogen) atoms. The molecule has 0 bridgehead atoms. The largest absolute Gasteiger partial charge is 0.469 e. The Morgan fingerprint density at radius 3 is 2.89 bits per heavy atom. The van der Waals surface area contributed by atoms with Crippen LogP contribution < -0.4 is 5.32 Å². The van der Waals surface area contributed by atoms with E-state index in [-0.39, 0.29) is 12.4 Å². The minimum absolute atomic E-state index is 0.223. The van der Waals surface area contributed by atoms with Crippen LogP contribution in [0.1, 0.15) is 16.4 Å². The summed E-state index contributed by atoms with van der Waals surface area (Å²) in [4.78, 5) is 19.8. The number of thiazole rings is 2. The first kappa shape index (κ1) is 14.0. The molecule has 0 fully saturated rings. The van der Waals surface area contributed by atoms with E-state index in [1.807, 2.05) is 17.7 Å². The zero-order valence-electron chi connectivity index (χ0n) is 10.8. The van der Waals surface area contributed by atoms with Crippen molar-refractivity contribution in [1.82, 2.24) is 9.97 Å². The molecule has 0 unspecified atom stereocenters. The van der Waals surface area contributed by atoms with Gasteiger partial charge in [0.05, 0.1) is 24.2 Å². The van der Waals surface area contributed by atoms with Crippen molar-refractivity contribution in [2.24, 2.45) is 0 Å². The number of nitrogens with zero attached hydrogens (tertiary/aromatic N) is 2. The first-order valence-electron chi connectivity index (χ1n) is 5.83. The Morgan fingerprint density at radius 1 is 1.37 bits per heavy atom. The predicted molar refractivity (Wildman–Crippen MR) is 76.9 cm³/mol. The van der Waals surface area contributed by atoms with Gasteiger partial charge in [-0.2, -0.15) is 0 Å². The summed E-state index contributed by atoms with van der Waals surface area (Å²) in [6, 6.07) is 0. The molecule has 0 radical (unpaired) electrons. The van der Waals surface area contributed by atoms with Gasteiger partial charge in [0, 0.05) is 29.4 Å². The zero-order valence-corrected chi connectivity index (χ0v) is 12.4. The highest BCUT2D eigenvalue weighted by atomic mass is 32.1. The molecule has 0 aliphatic heterocycles. The number of hydrogen-bond acceptors (Lipinski definition) is 7. The van der Waals surface area contributed by atoms with E-state index in [1.165, 1.54) is 18.4 Å². The molecule has 0 saturated carbocycles. The third-order valence-electron chi connectivity index (χ3n) is 2.39. The van der Waals surface area contributed by atoms with Gasteiger partial charge in [-0.1, -0.05) is 0 Å². The number of methoxy groups -OCH3 is 1. The highest BCUT2D eigenvalue weighted by molar-refractivity contribution is 7.13. The van der Waals surface area contributed by atoms with Crippen molar-refractivity contribution in [1.29, 1.82) is 0 Å². The quantitative estimate of drug-likeness (QED) is 0.829. The van der Waals surface area contributed by atoms with Crippen molar-refractivity contribution >= 4 is 33.8 Å². The molecule has 2 aromatic heterocycles. The molecule has 0 aliphatic rings. The average Bonchev–Trinajstić information content (AvgIpc) is 2.99. The summed E-state index contributed by atoms with van der Waals surface area (Å²) < 4.78 is 4.60. The third-order valence-corrected chi connectivity index (χ3v) is 4.26. The fourth-order valence-electron chi connectivity index (χ4n) is 1.48. The van der Waals surface area contributed by atoms with Gasteiger partial charge in [-0.15, -0.1) is 22.7 Å². The summed E-state index contributed by atoms with van der Waals surface area (Å²) in [6.45, 7) is 2.78. The molecule has 1 N–H and O–H groups in total. The van der Waals surface area contributed by atoms with Crippen molar-refractivity contribution in [3.05, 3.63) is 27.2 Å². The monoisotopic (exact) mass is 297 g/mol. The summed E-state index contributed by atoms with van der Waals surface area (Å²) in [5, 5.41) is 9.10. The van der Waals surface area contributed by atoms with Gasteiger partial charge in [-0.3, -0.25) is 4.79 Å². The molecule has 0 spiro atoms. The number of anilines is 1. The van der Waals surface area contributed by atoms with Crippen molar-refractivity contribution in [3.8, 4) is 0 Å². The van der Waals surface area contributed by atoms with Gasteiger partial charge in [0.1, 0.15) is 0 Å². The minimum Gasteiger partial charge on any atom is -0.469 e. The van der Waals surface area contributed by atoms with Gasteiger partial charge >= 0.3 is 5.97 Å². The second-order valence-corrected chi connectivity index (χ2v) is 5.76. The maximum absolute atomic E-state index is 11.1. The third kappa shape index (κ3) is 4.29. The van der Waals surface area contributed by atoms with Crippen LogP contribution in [0.3, 0.4) is 0 Å². The molecule has 0 aromatic carbocycles. The van der Waals surface area contributed by atoms with E-state index >= 15 is 0 Å². The molecular weight excluding hydrogens is 282 g/mol. The smallest absolute Gasteiger partial charge is 0.311 e. The lowest BCUT2D eigenvalue weighted by molar-refractivity contribution is -0.139. The minimum atomic E-state index is -0.268. The van der Waals surface area contributed by atoms with E-state index in [1.54, 1.807) is 11.3 Å². The van der Waals surface area contributed by atoms with Gasteiger partial charge in [0.25, 0.3) is 0 Å². The van der Waals surface area contributed by atoms with Crippen molar-refractivity contribution < 1.29 is 9.53 Å². The molecule has 2 heterocycles. The Hall–Kier alpha value is -1.47. The molecule has 102 valence electrons. The Labute approximate surface area is 119 Å². The van der Waals surface area contributed by atoms with Crippen molar-refractivity contribution in [3.63, 3.8) is 0 Å². The normalized spacial score (nSPS) is 10.4. The molecule has 0 atom stereocenters. The van der Waals surface area contributed by atoms with E-state index in [9.17, 15) is 4.79 Å². The summed E-state index contributed by atoms with van der Waals surface area (Å²) in [5.74, 6) is -0.268. The lowest BCUT2D eigenvalue weighted by Crippen LogP contribution is -2.06. The topological polar surface area (TPSA) is 64.1 Å². The number of aryl methyl sites for hydroxylation is 1. The molecular formula is C12H15N3O2S2. The highest BCUT2D eigenvalue weighted by Gasteiger charge is 2.07. The van der Waals surface area contributed by atoms with Crippen LogP contribution in [0.4, 0.5) is 5.13 Å². The number of carbonyl (C=O) groups is 1. The number of esters is 1. The number of aromatic nitrogens is 2. The zero-order chi connectivity index (χ0) is 13.7. The first-order chi connectivity index (χ1) is 9.17. The fraction of sp³-hybridized carbons (Fsp3) is 0.417. The van der Waals surface area contributed by atoms with E-state index in [4.69, 9.17) is 0 Å². The predicted octanol–water partition coefficient (Wildman–Crippen LogP) is 2.28. The summed E-state index contributed by atoms with van der Waals surface area (Å²) in [7, 11) is 1.38. The summed E-state index contributed by atoms with van der Waals surface area (Å²) >= 11 is 3.17. The molecule has 7 heteroatoms. The maximum atomic E-state index is 11.1. The molecule has 0 saturated heterocycles. The van der Waals surface area contributed by atoms with E-state index in [0.29, 0.717) is 0 Å². The molecule has 2 aromatic rings. The van der Waals surface area contributed by atoms with Gasteiger partial charge in [-0.05, 0) is 6.92 Å². The van der Waals surface area contributed by atoms with Crippen LogP contribution in [0.15, 0.2) is 10.8 Å². The van der Waals surface area contributed by atoms with Crippen LogP contribution in [0, 0.1) is 6.92 Å². The Bertz CT molecular complexity index is 551. The second kappa shape index (κ2) is 6.63. The summed E-state index contributed by atoms with van der Waals surface area (Å²) in [5.41, 5.74) is 1.80. The average molecular weight is 297 g/mol. The lowest BCUT2D eigenvalue weighted by Gasteiger charge is -1.99. The van der Waals surface area contributed by atoms with Crippen molar-refractivity contribution in [2.75, 3.05) is 19.0 Å². The highest BCUT2D eigenvalue weighted by Crippen LogP contribution is 2.16. The second-order valence-electron chi connectivity index (χ2n) is 3.96. The number of ether oxygens (including phenoxy) is 1. The summed E-state index contributed by atoms with van der Waals surface area (Å²) in [6.07, 6.45) is 1.10. The first-order valence-corrected chi connectivity index (χ1v) is 7.59. The number of rotatable bonds is 6. The van der Waals surface area contributed by atoms with Crippen LogP contribution in [-0.2, 0) is 22.4 Å². The van der Waals surface area contributed by atoms with Crippen LogP contribution in [0.25, 0.3) is 0 Å². The standard InChI is InChI=1S/C12H15N3O2S2/c1-8-6-18-10(14-8)3-4-13-12-15-9(7-19-12)5-11(16)17-2/h6-7H,3-5H2,1-2H3,(H,13,15). The van der Waals surface area contributed by atoms with Crippen LogP contribution >= 0.6 is 22.7 Å². The van der Waals surface area contributed by atoms with Gasteiger partial charge in [0.15, 0.2) is 5.13 Å². The van der Waals surface area contributed by atoms with Crippen LogP contribution in [0.5, 0.6) is 0 Å². The van der Waals surface area contributed by atoms with Crippen LogP contribution in [-0.4, -0.2) is 29.6 Å². The number of carbonyl (C=O) groups excluding carboxylic acids is 1. The Balaban J connectivity index is 1.78.